The first-order valence-electron chi connectivity index (χ1n) is 11.5. The number of anilines is 2. The van der Waals surface area contributed by atoms with E-state index in [-0.39, 0.29) is 11.8 Å². The molecule has 5 rings (SSSR count). The number of aromatic nitrogens is 1. The van der Waals surface area contributed by atoms with E-state index in [4.69, 9.17) is 0 Å². The Balaban J connectivity index is 1.35. The predicted octanol–water partition coefficient (Wildman–Crippen LogP) is 4.44. The summed E-state index contributed by atoms with van der Waals surface area (Å²) in [6, 6.07) is 33.5. The van der Waals surface area contributed by atoms with E-state index in [1.165, 1.54) is 10.6 Å². The van der Waals surface area contributed by atoms with Gasteiger partial charge in [-0.15, -0.1) is 0 Å². The minimum Gasteiger partial charge on any atom is -0.310 e. The van der Waals surface area contributed by atoms with Crippen LogP contribution in [-0.2, 0) is 4.79 Å². The molecular weight excluding hydrogens is 465 g/mol. The minimum atomic E-state index is -0.823. The molecule has 4 aromatic rings. The molecule has 0 spiro atoms. The van der Waals surface area contributed by atoms with Crippen molar-refractivity contribution in [2.24, 2.45) is 0 Å². The van der Waals surface area contributed by atoms with Crippen LogP contribution in [0.25, 0.3) is 0 Å². The number of nitrogens with zero attached hydrogens (tertiary/aromatic N) is 1. The Kier molecular flexibility index (Phi) is 7.49. The van der Waals surface area contributed by atoms with Gasteiger partial charge >= 0.3 is 0 Å². The second-order valence-electron chi connectivity index (χ2n) is 8.05. The second-order valence-corrected chi connectivity index (χ2v) is 10.3. The predicted molar refractivity (Wildman–Crippen MR) is 146 cm³/mol. The Morgan fingerprint density at radius 1 is 0.583 bits per heavy atom. The maximum atomic E-state index is 13.2. The topological polar surface area (TPSA) is 71.1 Å². The molecule has 1 aliphatic rings. The smallest absolute Gasteiger partial charge is 0.256 e. The molecule has 0 saturated heterocycles. The van der Waals surface area contributed by atoms with Crippen LogP contribution in [0.3, 0.4) is 0 Å². The van der Waals surface area contributed by atoms with E-state index >= 15 is 0 Å². The van der Waals surface area contributed by atoms with Gasteiger partial charge in [0.05, 0.1) is 5.92 Å². The summed E-state index contributed by atoms with van der Waals surface area (Å²) in [7, 11) is -0.823. The molecule has 175 valence electrons. The van der Waals surface area contributed by atoms with Gasteiger partial charge in [0, 0.05) is 5.56 Å². The van der Waals surface area contributed by atoms with Crippen LogP contribution in [0.15, 0.2) is 103 Å². The van der Waals surface area contributed by atoms with Crippen LogP contribution >= 0.6 is 7.92 Å². The summed E-state index contributed by atoms with van der Waals surface area (Å²) in [5.74, 6) is 0.763. The second kappa shape index (κ2) is 11.3. The van der Waals surface area contributed by atoms with Gasteiger partial charge in [-0.3, -0.25) is 9.59 Å². The Morgan fingerprint density at radius 3 is 1.72 bits per heavy atom. The number of pyridine rings is 1. The summed E-state index contributed by atoms with van der Waals surface area (Å²) in [6.07, 6.45) is 7.06. The highest BCUT2D eigenvalue weighted by Gasteiger charge is 2.25. The van der Waals surface area contributed by atoms with Crippen molar-refractivity contribution in [3.05, 3.63) is 140 Å². The summed E-state index contributed by atoms with van der Waals surface area (Å²) in [5, 5.41) is 9.13. The Bertz CT molecular complexity index is 1300. The van der Waals surface area contributed by atoms with Crippen molar-refractivity contribution in [3.8, 4) is 0 Å². The third-order valence-corrected chi connectivity index (χ3v) is 7.98. The van der Waals surface area contributed by atoms with Gasteiger partial charge in [0.15, 0.2) is 0 Å². The monoisotopic (exact) mass is 488 g/mol. The standard InChI is InChI=1S/C30H23N3O2P/c34-29(22-11-7-8-12-22)32-27-19-10-20-28(31-27)33-30(35)23-13-9-18-26(21-23)36(24-14-3-1-4-15-24)25-16-5-2-6-17-25/h1-21H,(H2,31,32,33,34,35). The van der Waals surface area contributed by atoms with Crippen molar-refractivity contribution in [1.29, 1.82) is 0 Å². The number of rotatable bonds is 7. The average Bonchev–Trinajstić information content (AvgIpc) is 3.46. The van der Waals surface area contributed by atoms with E-state index in [2.05, 4.69) is 45.9 Å². The number of nitrogens with one attached hydrogen (secondary N) is 2. The highest BCUT2D eigenvalue weighted by molar-refractivity contribution is 7.79. The lowest BCUT2D eigenvalue weighted by Crippen LogP contribution is -2.22. The van der Waals surface area contributed by atoms with Gasteiger partial charge in [0.2, 0.25) is 5.91 Å². The van der Waals surface area contributed by atoms with Crippen LogP contribution in [0.2, 0.25) is 0 Å². The zero-order chi connectivity index (χ0) is 24.7. The molecule has 1 aliphatic carbocycles. The van der Waals surface area contributed by atoms with Crippen molar-refractivity contribution >= 4 is 47.3 Å². The molecule has 1 heterocycles. The maximum absolute atomic E-state index is 13.2. The molecule has 0 bridgehead atoms. The van der Waals surface area contributed by atoms with E-state index in [1.807, 2.05) is 48.5 Å². The number of benzene rings is 3. The molecule has 1 aromatic heterocycles. The van der Waals surface area contributed by atoms with Crippen LogP contribution in [0, 0.1) is 31.6 Å². The van der Waals surface area contributed by atoms with Crippen molar-refractivity contribution in [2.75, 3.05) is 10.6 Å². The normalized spacial score (nSPS) is 13.5. The summed E-state index contributed by atoms with van der Waals surface area (Å²) in [6.45, 7) is 0. The first kappa shape index (κ1) is 23.9. The van der Waals surface area contributed by atoms with Gasteiger partial charge < -0.3 is 10.6 Å². The van der Waals surface area contributed by atoms with E-state index in [9.17, 15) is 9.59 Å². The molecule has 0 atom stereocenters. The Labute approximate surface area is 212 Å². The number of hydrogen-bond acceptors (Lipinski definition) is 3. The largest absolute Gasteiger partial charge is 0.310 e. The van der Waals surface area contributed by atoms with Gasteiger partial charge in [0.25, 0.3) is 5.91 Å². The van der Waals surface area contributed by atoms with Crippen LogP contribution in [0.4, 0.5) is 11.6 Å². The number of carbonyl (C=O) groups is 2. The fraction of sp³-hybridized carbons (Fsp3) is 0. The summed E-state index contributed by atoms with van der Waals surface area (Å²) in [5.41, 5.74) is 0.542. The Morgan fingerprint density at radius 2 is 1.11 bits per heavy atom. The molecule has 3 aromatic carbocycles. The van der Waals surface area contributed by atoms with Crippen molar-refractivity contribution in [2.45, 2.75) is 0 Å². The zero-order valence-corrected chi connectivity index (χ0v) is 20.2. The Hall–Kier alpha value is -3.82. The quantitative estimate of drug-likeness (QED) is 0.378. The molecule has 2 N–H and O–H groups in total. The summed E-state index contributed by atoms with van der Waals surface area (Å²) in [4.78, 5) is 29.9. The van der Waals surface area contributed by atoms with Crippen molar-refractivity contribution in [3.63, 3.8) is 0 Å². The fourth-order valence-corrected chi connectivity index (χ4v) is 6.20. The van der Waals surface area contributed by atoms with Crippen molar-refractivity contribution in [1.82, 2.24) is 4.98 Å². The van der Waals surface area contributed by atoms with Gasteiger partial charge in [-0.05, 0) is 73.8 Å². The number of carbonyl (C=O) groups excluding carboxylic acids is 2. The maximum Gasteiger partial charge on any atom is 0.256 e. The summed E-state index contributed by atoms with van der Waals surface area (Å²) >= 11 is 0. The molecule has 1 fully saturated rings. The van der Waals surface area contributed by atoms with Crippen LogP contribution in [0.1, 0.15) is 10.4 Å². The first-order valence-corrected chi connectivity index (χ1v) is 12.8. The highest BCUT2D eigenvalue weighted by atomic mass is 31.1. The van der Waals surface area contributed by atoms with E-state index in [0.717, 1.165) is 5.30 Å². The van der Waals surface area contributed by atoms with Crippen LogP contribution in [0.5, 0.6) is 0 Å². The highest BCUT2D eigenvalue weighted by Crippen LogP contribution is 2.33. The van der Waals surface area contributed by atoms with E-state index in [0.29, 0.717) is 23.1 Å². The molecular formula is C30H23N3O2P. The number of amides is 2. The third kappa shape index (κ3) is 5.69. The van der Waals surface area contributed by atoms with Gasteiger partial charge in [0.1, 0.15) is 11.6 Å². The molecule has 5 radical (unpaired) electrons. The van der Waals surface area contributed by atoms with E-state index in [1.54, 1.807) is 49.9 Å². The summed E-state index contributed by atoms with van der Waals surface area (Å²) < 4.78 is 0. The molecule has 2 amide bonds. The van der Waals surface area contributed by atoms with Gasteiger partial charge in [-0.1, -0.05) is 78.9 Å². The van der Waals surface area contributed by atoms with E-state index < -0.39 is 7.92 Å². The third-order valence-electron chi connectivity index (χ3n) is 5.55. The van der Waals surface area contributed by atoms with Crippen molar-refractivity contribution < 1.29 is 9.59 Å². The average molecular weight is 489 g/mol. The molecule has 36 heavy (non-hydrogen) atoms. The molecule has 0 aliphatic heterocycles. The lowest BCUT2D eigenvalue weighted by molar-refractivity contribution is -0.113. The lowest BCUT2D eigenvalue weighted by Gasteiger charge is -2.20. The van der Waals surface area contributed by atoms with Gasteiger partial charge in [-0.2, -0.15) is 0 Å². The molecule has 0 unspecified atom stereocenters. The minimum absolute atomic E-state index is 0.251. The fourth-order valence-electron chi connectivity index (χ4n) is 3.86. The molecule has 6 heteroatoms. The molecule has 5 nitrogen and oxygen atoms in total. The zero-order valence-electron chi connectivity index (χ0n) is 19.3. The van der Waals surface area contributed by atoms with Crippen LogP contribution in [-0.4, -0.2) is 16.8 Å². The SMILES string of the molecule is O=C(Nc1cccc(NC(=O)c2cccc(P(c3ccccc3)c3ccccc3)c2)n1)[C]1[CH][CH][CH][CH]1. The number of hydrogen-bond donors (Lipinski definition) is 2. The lowest BCUT2D eigenvalue weighted by atomic mass is 10.1. The first-order chi connectivity index (χ1) is 17.7. The van der Waals surface area contributed by atoms with Gasteiger partial charge in [-0.25, -0.2) is 4.98 Å². The van der Waals surface area contributed by atoms with Crippen LogP contribution < -0.4 is 26.5 Å². The molecule has 1 saturated carbocycles.